The van der Waals surface area contributed by atoms with Crippen molar-refractivity contribution in [3.63, 3.8) is 0 Å². The lowest BCUT2D eigenvalue weighted by Gasteiger charge is -2.17. The maximum atomic E-state index is 12.9. The first kappa shape index (κ1) is 19.7. The number of imidazole rings is 1. The summed E-state index contributed by atoms with van der Waals surface area (Å²) in [6, 6.07) is 13.6. The fourth-order valence-corrected chi connectivity index (χ4v) is 5.33. The molecular formula is C21H20ClN3O3S. The molecule has 1 aliphatic heterocycles. The number of likely N-dealkylation sites (tertiary alicyclic amines) is 1. The number of carbonyl (C=O) groups is 1. The molecule has 2 aromatic carbocycles. The average Bonchev–Trinajstić information content (AvgIpc) is 3.41. The summed E-state index contributed by atoms with van der Waals surface area (Å²) in [5.41, 5.74) is 1.62. The molecule has 3 aromatic rings. The van der Waals surface area contributed by atoms with Gasteiger partial charge in [0.25, 0.3) is 5.91 Å². The summed E-state index contributed by atoms with van der Waals surface area (Å²) in [5, 5.41) is -0.114. The van der Waals surface area contributed by atoms with Crippen molar-refractivity contribution in [1.82, 2.24) is 14.5 Å². The molecule has 150 valence electrons. The van der Waals surface area contributed by atoms with E-state index in [4.69, 9.17) is 11.6 Å². The SMILES string of the molecule is O=C(c1ccc(Cn2ccnc2)cc1)N1CC[C@H](S(=O)(=O)c2ccc(Cl)cc2)C1. The van der Waals surface area contributed by atoms with Gasteiger partial charge in [-0.2, -0.15) is 0 Å². The summed E-state index contributed by atoms with van der Waals surface area (Å²) in [7, 11) is -3.50. The van der Waals surface area contributed by atoms with Gasteiger partial charge in [0.1, 0.15) is 0 Å². The number of halogens is 1. The highest BCUT2D eigenvalue weighted by Gasteiger charge is 2.36. The second-order valence-corrected chi connectivity index (χ2v) is 9.76. The Balaban J connectivity index is 1.43. The molecule has 0 spiro atoms. The fourth-order valence-electron chi connectivity index (χ4n) is 3.51. The van der Waals surface area contributed by atoms with Crippen molar-refractivity contribution >= 4 is 27.3 Å². The van der Waals surface area contributed by atoms with Gasteiger partial charge < -0.3 is 9.47 Å². The predicted molar refractivity (Wildman–Crippen MR) is 111 cm³/mol. The van der Waals surface area contributed by atoms with Gasteiger partial charge in [-0.1, -0.05) is 23.7 Å². The summed E-state index contributed by atoms with van der Waals surface area (Å²) >= 11 is 5.85. The zero-order valence-corrected chi connectivity index (χ0v) is 17.2. The lowest BCUT2D eigenvalue weighted by molar-refractivity contribution is 0.0793. The first-order chi connectivity index (χ1) is 13.9. The molecule has 1 saturated heterocycles. The normalized spacial score (nSPS) is 16.9. The van der Waals surface area contributed by atoms with E-state index in [0.29, 0.717) is 30.1 Å². The quantitative estimate of drug-likeness (QED) is 0.624. The van der Waals surface area contributed by atoms with E-state index in [9.17, 15) is 13.2 Å². The molecular weight excluding hydrogens is 410 g/mol. The van der Waals surface area contributed by atoms with Gasteiger partial charge in [0.15, 0.2) is 9.84 Å². The molecule has 0 bridgehead atoms. The van der Waals surface area contributed by atoms with Crippen LogP contribution in [0.25, 0.3) is 0 Å². The minimum Gasteiger partial charge on any atom is -0.337 e. The number of aromatic nitrogens is 2. The molecule has 4 rings (SSSR count). The van der Waals surface area contributed by atoms with Crippen LogP contribution in [0.4, 0.5) is 0 Å². The highest BCUT2D eigenvalue weighted by atomic mass is 35.5. The Morgan fingerprint density at radius 2 is 1.83 bits per heavy atom. The lowest BCUT2D eigenvalue weighted by atomic mass is 10.1. The van der Waals surface area contributed by atoms with Crippen LogP contribution in [0.2, 0.25) is 5.02 Å². The number of amides is 1. The van der Waals surface area contributed by atoms with Gasteiger partial charge >= 0.3 is 0 Å². The maximum Gasteiger partial charge on any atom is 0.253 e. The number of carbonyl (C=O) groups excluding carboxylic acids is 1. The standard InChI is InChI=1S/C21H20ClN3O3S/c22-18-5-7-19(8-6-18)29(27,28)20-9-11-25(14-20)21(26)17-3-1-16(2-4-17)13-24-12-10-23-15-24/h1-8,10,12,15,20H,9,11,13-14H2/t20-/m0/s1. The summed E-state index contributed by atoms with van der Waals surface area (Å²) < 4.78 is 27.7. The third kappa shape index (κ3) is 4.21. The van der Waals surface area contributed by atoms with E-state index in [2.05, 4.69) is 4.98 Å². The largest absolute Gasteiger partial charge is 0.337 e. The third-order valence-corrected chi connectivity index (χ3v) is 7.58. The summed E-state index contributed by atoms with van der Waals surface area (Å²) in [6.45, 7) is 1.30. The third-order valence-electron chi connectivity index (χ3n) is 5.14. The van der Waals surface area contributed by atoms with E-state index < -0.39 is 15.1 Å². The van der Waals surface area contributed by atoms with Crippen molar-refractivity contribution in [2.75, 3.05) is 13.1 Å². The maximum absolute atomic E-state index is 12.9. The van der Waals surface area contributed by atoms with Crippen LogP contribution in [0, 0.1) is 0 Å². The molecule has 6 nitrogen and oxygen atoms in total. The van der Waals surface area contributed by atoms with Crippen LogP contribution in [-0.4, -0.2) is 47.1 Å². The zero-order chi connectivity index (χ0) is 20.4. The number of hydrogen-bond acceptors (Lipinski definition) is 4. The Bertz CT molecular complexity index is 1100. The van der Waals surface area contributed by atoms with Crippen LogP contribution in [0.5, 0.6) is 0 Å². The first-order valence-electron chi connectivity index (χ1n) is 9.27. The Morgan fingerprint density at radius 1 is 1.10 bits per heavy atom. The predicted octanol–water partition coefficient (Wildman–Crippen LogP) is 3.27. The molecule has 0 radical (unpaired) electrons. The highest BCUT2D eigenvalue weighted by molar-refractivity contribution is 7.92. The molecule has 0 unspecified atom stereocenters. The molecule has 29 heavy (non-hydrogen) atoms. The van der Waals surface area contributed by atoms with Gasteiger partial charge in [-0.15, -0.1) is 0 Å². The van der Waals surface area contributed by atoms with Crippen molar-refractivity contribution in [2.45, 2.75) is 23.1 Å². The number of benzene rings is 2. The van der Waals surface area contributed by atoms with Crippen molar-refractivity contribution in [3.8, 4) is 0 Å². The number of rotatable bonds is 5. The van der Waals surface area contributed by atoms with Gasteiger partial charge in [-0.3, -0.25) is 4.79 Å². The van der Waals surface area contributed by atoms with E-state index in [1.165, 1.54) is 12.1 Å². The van der Waals surface area contributed by atoms with Crippen LogP contribution in [0.1, 0.15) is 22.3 Å². The molecule has 1 atom stereocenters. The van der Waals surface area contributed by atoms with Crippen LogP contribution in [0.15, 0.2) is 72.1 Å². The summed E-state index contributed by atoms with van der Waals surface area (Å²) in [5.74, 6) is -0.145. The molecule has 1 amide bonds. The van der Waals surface area contributed by atoms with Gasteiger partial charge in [0.05, 0.1) is 16.5 Å². The first-order valence-corrected chi connectivity index (χ1v) is 11.2. The zero-order valence-electron chi connectivity index (χ0n) is 15.6. The minimum absolute atomic E-state index is 0.145. The second kappa shape index (κ2) is 8.00. The molecule has 1 aromatic heterocycles. The highest BCUT2D eigenvalue weighted by Crippen LogP contribution is 2.26. The molecule has 1 fully saturated rings. The Morgan fingerprint density at radius 3 is 2.48 bits per heavy atom. The lowest BCUT2D eigenvalue weighted by Crippen LogP contribution is -2.32. The number of nitrogens with zero attached hydrogens (tertiary/aromatic N) is 3. The summed E-state index contributed by atoms with van der Waals surface area (Å²) in [4.78, 5) is 18.7. The molecule has 0 saturated carbocycles. The summed E-state index contributed by atoms with van der Waals surface area (Å²) in [6.07, 6.45) is 5.77. The molecule has 8 heteroatoms. The Kier molecular flexibility index (Phi) is 5.43. The van der Waals surface area contributed by atoms with E-state index in [0.717, 1.165) is 5.56 Å². The van der Waals surface area contributed by atoms with Crippen molar-refractivity contribution in [3.05, 3.63) is 83.4 Å². The molecule has 0 N–H and O–H groups in total. The Labute approximate surface area is 174 Å². The van der Waals surface area contributed by atoms with Crippen molar-refractivity contribution in [1.29, 1.82) is 0 Å². The van der Waals surface area contributed by atoms with E-state index >= 15 is 0 Å². The second-order valence-electron chi connectivity index (χ2n) is 7.09. The molecule has 2 heterocycles. The Hall–Kier alpha value is -2.64. The van der Waals surface area contributed by atoms with E-state index in [1.54, 1.807) is 41.7 Å². The molecule has 0 aliphatic carbocycles. The van der Waals surface area contributed by atoms with Gasteiger partial charge in [0.2, 0.25) is 0 Å². The average molecular weight is 430 g/mol. The van der Waals surface area contributed by atoms with Crippen LogP contribution in [0.3, 0.4) is 0 Å². The van der Waals surface area contributed by atoms with E-state index in [-0.39, 0.29) is 17.3 Å². The van der Waals surface area contributed by atoms with Crippen LogP contribution >= 0.6 is 11.6 Å². The monoisotopic (exact) mass is 429 g/mol. The van der Waals surface area contributed by atoms with Crippen molar-refractivity contribution in [2.24, 2.45) is 0 Å². The van der Waals surface area contributed by atoms with Gasteiger partial charge in [0, 0.05) is 42.6 Å². The van der Waals surface area contributed by atoms with Crippen LogP contribution < -0.4 is 0 Å². The van der Waals surface area contributed by atoms with Gasteiger partial charge in [-0.25, -0.2) is 13.4 Å². The minimum atomic E-state index is -3.50. The van der Waals surface area contributed by atoms with E-state index in [1.807, 2.05) is 22.9 Å². The fraction of sp³-hybridized carbons (Fsp3) is 0.238. The van der Waals surface area contributed by atoms with Gasteiger partial charge in [-0.05, 0) is 48.4 Å². The number of hydrogen-bond donors (Lipinski definition) is 0. The number of sulfone groups is 1. The smallest absolute Gasteiger partial charge is 0.253 e. The topological polar surface area (TPSA) is 72.3 Å². The molecule has 1 aliphatic rings. The van der Waals surface area contributed by atoms with Crippen molar-refractivity contribution < 1.29 is 13.2 Å². The van der Waals surface area contributed by atoms with Crippen LogP contribution in [-0.2, 0) is 16.4 Å².